The van der Waals surface area contributed by atoms with Crippen molar-refractivity contribution in [1.29, 1.82) is 0 Å². The van der Waals surface area contributed by atoms with Crippen LogP contribution >= 0.6 is 11.6 Å². The summed E-state index contributed by atoms with van der Waals surface area (Å²) in [7, 11) is 0. The summed E-state index contributed by atoms with van der Waals surface area (Å²) in [5, 5.41) is 3.88. The lowest BCUT2D eigenvalue weighted by molar-refractivity contribution is 0.128. The first-order valence-electron chi connectivity index (χ1n) is 6.01. The summed E-state index contributed by atoms with van der Waals surface area (Å²) in [6.45, 7) is 5.20. The second kappa shape index (κ2) is 5.19. The van der Waals surface area contributed by atoms with Gasteiger partial charge in [0.2, 0.25) is 0 Å². The molecule has 1 aliphatic rings. The van der Waals surface area contributed by atoms with Gasteiger partial charge in [-0.25, -0.2) is 9.97 Å². The molecule has 0 amide bonds. The Balaban J connectivity index is 2.08. The van der Waals surface area contributed by atoms with Gasteiger partial charge >= 0.3 is 0 Å². The van der Waals surface area contributed by atoms with Crippen LogP contribution in [-0.2, 0) is 11.3 Å². The topological polar surface area (TPSA) is 47.0 Å². The largest absolute Gasteiger partial charge is 0.374 e. The van der Waals surface area contributed by atoms with E-state index in [4.69, 9.17) is 16.3 Å². The van der Waals surface area contributed by atoms with Gasteiger partial charge in [-0.15, -0.1) is 0 Å². The van der Waals surface area contributed by atoms with Crippen molar-refractivity contribution in [2.75, 3.05) is 11.9 Å². The van der Waals surface area contributed by atoms with E-state index >= 15 is 0 Å². The summed E-state index contributed by atoms with van der Waals surface area (Å²) in [5.74, 6) is 1.42. The first-order chi connectivity index (χ1) is 8.11. The van der Waals surface area contributed by atoms with E-state index in [2.05, 4.69) is 22.2 Å². The van der Waals surface area contributed by atoms with Crippen molar-refractivity contribution in [2.45, 2.75) is 45.3 Å². The van der Waals surface area contributed by atoms with Crippen LogP contribution in [0.3, 0.4) is 0 Å². The smallest absolute Gasteiger partial charge is 0.158 e. The number of ether oxygens (including phenoxy) is 1. The molecular weight excluding hydrogens is 238 g/mol. The average Bonchev–Trinajstić information content (AvgIpc) is 2.23. The van der Waals surface area contributed by atoms with Crippen LogP contribution in [0.1, 0.15) is 38.9 Å². The lowest BCUT2D eigenvalue weighted by Crippen LogP contribution is -2.41. The van der Waals surface area contributed by atoms with E-state index in [0.717, 1.165) is 5.82 Å². The molecule has 0 radical (unpaired) electrons. The number of nitrogens with zero attached hydrogens (tertiary/aromatic N) is 2. The Morgan fingerprint density at radius 2 is 2.24 bits per heavy atom. The fraction of sp³-hybridized carbons (Fsp3) is 0.667. The molecule has 5 heteroatoms. The molecule has 1 fully saturated rings. The second-order valence-electron chi connectivity index (χ2n) is 4.67. The van der Waals surface area contributed by atoms with E-state index in [-0.39, 0.29) is 5.54 Å². The van der Waals surface area contributed by atoms with Crippen LogP contribution < -0.4 is 5.32 Å². The van der Waals surface area contributed by atoms with Gasteiger partial charge in [-0.2, -0.15) is 0 Å². The highest BCUT2D eigenvalue weighted by Crippen LogP contribution is 2.34. The van der Waals surface area contributed by atoms with Crippen LogP contribution in [0, 0.1) is 0 Å². The van der Waals surface area contributed by atoms with Gasteiger partial charge in [0.05, 0.1) is 0 Å². The normalized spacial score (nSPS) is 17.6. The second-order valence-corrected chi connectivity index (χ2v) is 5.06. The maximum atomic E-state index is 5.97. The fourth-order valence-electron chi connectivity index (χ4n) is 1.93. The highest BCUT2D eigenvalue weighted by Gasteiger charge is 2.31. The van der Waals surface area contributed by atoms with E-state index in [1.54, 1.807) is 6.07 Å². The third kappa shape index (κ3) is 3.30. The standard InChI is InChI=1S/C12H18ClN3O/c1-3-17-8-11-14-9(13)7-10(15-11)16-12(2)5-4-6-12/h7H,3-6,8H2,1-2H3,(H,14,15,16). The molecule has 1 N–H and O–H groups in total. The zero-order valence-electron chi connectivity index (χ0n) is 10.3. The number of halogens is 1. The summed E-state index contributed by atoms with van der Waals surface area (Å²) in [6.07, 6.45) is 3.62. The predicted octanol–water partition coefficient (Wildman–Crippen LogP) is 3.02. The molecule has 0 aromatic carbocycles. The molecule has 17 heavy (non-hydrogen) atoms. The van der Waals surface area contributed by atoms with Crippen molar-refractivity contribution in [3.05, 3.63) is 17.0 Å². The SMILES string of the molecule is CCOCc1nc(Cl)cc(NC2(C)CCC2)n1. The number of anilines is 1. The van der Waals surface area contributed by atoms with Crippen LogP contribution in [-0.4, -0.2) is 22.1 Å². The number of hydrogen-bond acceptors (Lipinski definition) is 4. The van der Waals surface area contributed by atoms with Crippen LogP contribution in [0.5, 0.6) is 0 Å². The van der Waals surface area contributed by atoms with Gasteiger partial charge in [0.15, 0.2) is 5.82 Å². The van der Waals surface area contributed by atoms with E-state index < -0.39 is 0 Å². The molecule has 0 atom stereocenters. The van der Waals surface area contributed by atoms with Crippen LogP contribution in [0.4, 0.5) is 5.82 Å². The Labute approximate surface area is 107 Å². The summed E-state index contributed by atoms with van der Waals surface area (Å²) in [4.78, 5) is 8.54. The Kier molecular flexibility index (Phi) is 3.84. The molecule has 1 aliphatic carbocycles. The third-order valence-electron chi connectivity index (χ3n) is 3.06. The zero-order valence-corrected chi connectivity index (χ0v) is 11.0. The van der Waals surface area contributed by atoms with E-state index in [9.17, 15) is 0 Å². The molecule has 0 spiro atoms. The molecule has 0 aliphatic heterocycles. The van der Waals surface area contributed by atoms with Crippen LogP contribution in [0.25, 0.3) is 0 Å². The fourth-order valence-corrected chi connectivity index (χ4v) is 2.13. The van der Waals surface area contributed by atoms with Crippen molar-refractivity contribution >= 4 is 17.4 Å². The number of nitrogens with one attached hydrogen (secondary N) is 1. The minimum Gasteiger partial charge on any atom is -0.374 e. The van der Waals surface area contributed by atoms with Crippen molar-refractivity contribution in [3.63, 3.8) is 0 Å². The summed E-state index contributed by atoms with van der Waals surface area (Å²) < 4.78 is 5.29. The Bertz CT molecular complexity index is 393. The quantitative estimate of drug-likeness (QED) is 0.822. The summed E-state index contributed by atoms with van der Waals surface area (Å²) >= 11 is 5.97. The van der Waals surface area contributed by atoms with Crippen molar-refractivity contribution in [3.8, 4) is 0 Å². The number of rotatable bonds is 5. The Morgan fingerprint density at radius 3 is 2.82 bits per heavy atom. The highest BCUT2D eigenvalue weighted by molar-refractivity contribution is 6.29. The first kappa shape index (κ1) is 12.6. The van der Waals surface area contributed by atoms with E-state index in [1.165, 1.54) is 19.3 Å². The lowest BCUT2D eigenvalue weighted by Gasteiger charge is -2.39. The third-order valence-corrected chi connectivity index (χ3v) is 3.26. The van der Waals surface area contributed by atoms with Crippen LogP contribution in [0.2, 0.25) is 5.15 Å². The van der Waals surface area contributed by atoms with Crippen molar-refractivity contribution in [2.24, 2.45) is 0 Å². The Morgan fingerprint density at radius 1 is 1.47 bits per heavy atom. The minimum atomic E-state index is 0.167. The zero-order chi connectivity index (χ0) is 12.3. The van der Waals surface area contributed by atoms with E-state index in [0.29, 0.717) is 24.2 Å². The van der Waals surface area contributed by atoms with Gasteiger partial charge in [-0.1, -0.05) is 11.6 Å². The van der Waals surface area contributed by atoms with Crippen molar-refractivity contribution in [1.82, 2.24) is 9.97 Å². The molecule has 0 saturated heterocycles. The molecule has 1 saturated carbocycles. The molecular formula is C12H18ClN3O. The van der Waals surface area contributed by atoms with Gasteiger partial charge in [0.25, 0.3) is 0 Å². The van der Waals surface area contributed by atoms with Gasteiger partial charge in [-0.05, 0) is 33.1 Å². The van der Waals surface area contributed by atoms with Gasteiger partial charge < -0.3 is 10.1 Å². The van der Waals surface area contributed by atoms with Gasteiger partial charge in [0, 0.05) is 18.2 Å². The first-order valence-corrected chi connectivity index (χ1v) is 6.38. The lowest BCUT2D eigenvalue weighted by atomic mass is 9.78. The molecule has 1 aromatic rings. The van der Waals surface area contributed by atoms with Gasteiger partial charge in [0.1, 0.15) is 17.6 Å². The molecule has 0 unspecified atom stereocenters. The maximum absolute atomic E-state index is 5.97. The molecule has 4 nitrogen and oxygen atoms in total. The molecule has 1 aromatic heterocycles. The molecule has 94 valence electrons. The minimum absolute atomic E-state index is 0.167. The molecule has 1 heterocycles. The molecule has 2 rings (SSSR count). The van der Waals surface area contributed by atoms with E-state index in [1.807, 2.05) is 6.92 Å². The van der Waals surface area contributed by atoms with Crippen LogP contribution in [0.15, 0.2) is 6.07 Å². The number of hydrogen-bond donors (Lipinski definition) is 1. The summed E-state index contributed by atoms with van der Waals surface area (Å²) in [6, 6.07) is 1.76. The van der Waals surface area contributed by atoms with Crippen molar-refractivity contribution < 1.29 is 4.74 Å². The predicted molar refractivity (Wildman–Crippen MR) is 68.3 cm³/mol. The number of aromatic nitrogens is 2. The Hall–Kier alpha value is -0.870. The monoisotopic (exact) mass is 255 g/mol. The highest BCUT2D eigenvalue weighted by atomic mass is 35.5. The maximum Gasteiger partial charge on any atom is 0.158 e. The van der Waals surface area contributed by atoms with Gasteiger partial charge in [-0.3, -0.25) is 0 Å². The molecule has 0 bridgehead atoms. The summed E-state index contributed by atoms with van der Waals surface area (Å²) in [5.41, 5.74) is 0.167. The average molecular weight is 256 g/mol.